The fourth-order valence-corrected chi connectivity index (χ4v) is 2.44. The van der Waals surface area contributed by atoms with E-state index < -0.39 is 0 Å². The predicted octanol–water partition coefficient (Wildman–Crippen LogP) is 3.12. The van der Waals surface area contributed by atoms with Crippen molar-refractivity contribution in [2.45, 2.75) is 38.6 Å². The zero-order chi connectivity index (χ0) is 10.8. The van der Waals surface area contributed by atoms with Crippen LogP contribution in [0.15, 0.2) is 12.3 Å². The van der Waals surface area contributed by atoms with Gasteiger partial charge in [-0.3, -0.25) is 4.98 Å². The summed E-state index contributed by atoms with van der Waals surface area (Å²) in [5.74, 6) is 0.547. The van der Waals surface area contributed by atoms with Crippen molar-refractivity contribution in [2.75, 3.05) is 11.4 Å². The minimum absolute atomic E-state index is 0.547. The summed E-state index contributed by atoms with van der Waals surface area (Å²) in [6.07, 6.45) is 4.47. The molecule has 1 unspecified atom stereocenters. The summed E-state index contributed by atoms with van der Waals surface area (Å²) < 4.78 is 0. The number of nitrogens with zero attached hydrogens (tertiary/aromatic N) is 2. The topological polar surface area (TPSA) is 16.1 Å². The lowest BCUT2D eigenvalue weighted by Crippen LogP contribution is -2.27. The standard InChI is InChI=1S/C12H17ClN2/c1-9-6-12(11(7-13)8-14-9)15-5-3-4-10(15)2/h6,8,10H,3-5,7H2,1-2H3. The van der Waals surface area contributed by atoms with Gasteiger partial charge >= 0.3 is 0 Å². The van der Waals surface area contributed by atoms with Crippen LogP contribution in [0.1, 0.15) is 31.0 Å². The van der Waals surface area contributed by atoms with E-state index >= 15 is 0 Å². The molecule has 2 heterocycles. The van der Waals surface area contributed by atoms with E-state index in [2.05, 4.69) is 22.9 Å². The van der Waals surface area contributed by atoms with Crippen molar-refractivity contribution >= 4 is 17.3 Å². The number of aryl methyl sites for hydroxylation is 1. The molecular weight excluding hydrogens is 208 g/mol. The van der Waals surface area contributed by atoms with E-state index in [1.807, 2.05) is 13.1 Å². The van der Waals surface area contributed by atoms with Crippen molar-refractivity contribution in [3.63, 3.8) is 0 Å². The molecule has 1 aromatic rings. The Balaban J connectivity index is 2.36. The van der Waals surface area contributed by atoms with E-state index in [9.17, 15) is 0 Å². The van der Waals surface area contributed by atoms with Crippen molar-refractivity contribution in [3.05, 3.63) is 23.5 Å². The van der Waals surface area contributed by atoms with Crippen LogP contribution < -0.4 is 4.90 Å². The molecule has 82 valence electrons. The minimum Gasteiger partial charge on any atom is -0.368 e. The van der Waals surface area contributed by atoms with Crippen LogP contribution in [-0.4, -0.2) is 17.6 Å². The quantitative estimate of drug-likeness (QED) is 0.718. The highest BCUT2D eigenvalue weighted by molar-refractivity contribution is 6.17. The molecule has 0 aromatic carbocycles. The Labute approximate surface area is 96.3 Å². The summed E-state index contributed by atoms with van der Waals surface area (Å²) >= 11 is 5.94. The molecule has 2 nitrogen and oxygen atoms in total. The summed E-state index contributed by atoms with van der Waals surface area (Å²) in [7, 11) is 0. The molecule has 1 atom stereocenters. The molecule has 1 aromatic heterocycles. The van der Waals surface area contributed by atoms with Gasteiger partial charge in [-0.15, -0.1) is 11.6 Å². The highest BCUT2D eigenvalue weighted by Crippen LogP contribution is 2.29. The first-order valence-corrected chi connectivity index (χ1v) is 6.04. The lowest BCUT2D eigenvalue weighted by molar-refractivity contribution is 0.732. The molecule has 3 heteroatoms. The SMILES string of the molecule is Cc1cc(N2CCCC2C)c(CCl)cn1. The van der Waals surface area contributed by atoms with Gasteiger partial charge in [0.2, 0.25) is 0 Å². The second-order valence-corrected chi connectivity index (χ2v) is 4.54. The van der Waals surface area contributed by atoms with Gasteiger partial charge in [0.25, 0.3) is 0 Å². The number of hydrogen-bond acceptors (Lipinski definition) is 2. The monoisotopic (exact) mass is 224 g/mol. The van der Waals surface area contributed by atoms with Gasteiger partial charge in [-0.1, -0.05) is 0 Å². The van der Waals surface area contributed by atoms with Gasteiger partial charge in [-0.2, -0.15) is 0 Å². The van der Waals surface area contributed by atoms with Crippen molar-refractivity contribution in [3.8, 4) is 0 Å². The van der Waals surface area contributed by atoms with Crippen LogP contribution >= 0.6 is 11.6 Å². The molecule has 1 fully saturated rings. The Morgan fingerprint density at radius 3 is 3.00 bits per heavy atom. The number of halogens is 1. The van der Waals surface area contributed by atoms with Crippen LogP contribution in [0.4, 0.5) is 5.69 Å². The molecule has 1 saturated heterocycles. The average molecular weight is 225 g/mol. The van der Waals surface area contributed by atoms with Gasteiger partial charge in [0.05, 0.1) is 5.88 Å². The molecule has 0 aliphatic carbocycles. The van der Waals surface area contributed by atoms with Gasteiger partial charge in [-0.05, 0) is 32.8 Å². The normalized spacial score (nSPS) is 21.0. The third kappa shape index (κ3) is 2.10. The fraction of sp³-hybridized carbons (Fsp3) is 0.583. The summed E-state index contributed by atoms with van der Waals surface area (Å²) in [4.78, 5) is 6.75. The fourth-order valence-electron chi connectivity index (χ4n) is 2.24. The summed E-state index contributed by atoms with van der Waals surface area (Å²) in [5, 5.41) is 0. The maximum atomic E-state index is 5.94. The molecular formula is C12H17ClN2. The maximum absolute atomic E-state index is 5.94. The molecule has 1 aliphatic rings. The highest BCUT2D eigenvalue weighted by atomic mass is 35.5. The maximum Gasteiger partial charge on any atom is 0.0509 e. The molecule has 15 heavy (non-hydrogen) atoms. The Morgan fingerprint density at radius 1 is 1.60 bits per heavy atom. The van der Waals surface area contributed by atoms with E-state index in [1.165, 1.54) is 18.5 Å². The first kappa shape index (κ1) is 10.7. The predicted molar refractivity (Wildman–Crippen MR) is 64.6 cm³/mol. The molecule has 0 N–H and O–H groups in total. The number of hydrogen-bond donors (Lipinski definition) is 0. The number of alkyl halides is 1. The second kappa shape index (κ2) is 4.40. The molecule has 0 bridgehead atoms. The Bertz CT molecular complexity index is 351. The van der Waals surface area contributed by atoms with Gasteiger partial charge in [0, 0.05) is 35.7 Å². The largest absolute Gasteiger partial charge is 0.368 e. The van der Waals surface area contributed by atoms with Crippen LogP contribution in [-0.2, 0) is 5.88 Å². The van der Waals surface area contributed by atoms with Gasteiger partial charge in [-0.25, -0.2) is 0 Å². The lowest BCUT2D eigenvalue weighted by atomic mass is 10.2. The summed E-state index contributed by atoms with van der Waals surface area (Å²) in [6, 6.07) is 2.79. The molecule has 0 saturated carbocycles. The van der Waals surface area contributed by atoms with Crippen LogP contribution in [0.3, 0.4) is 0 Å². The van der Waals surface area contributed by atoms with E-state index in [0.29, 0.717) is 11.9 Å². The van der Waals surface area contributed by atoms with Crippen LogP contribution in [0, 0.1) is 6.92 Å². The number of pyridine rings is 1. The smallest absolute Gasteiger partial charge is 0.0509 e. The number of rotatable bonds is 2. The van der Waals surface area contributed by atoms with Crippen LogP contribution in [0.25, 0.3) is 0 Å². The van der Waals surface area contributed by atoms with Crippen molar-refractivity contribution in [2.24, 2.45) is 0 Å². The van der Waals surface area contributed by atoms with Gasteiger partial charge in [0.15, 0.2) is 0 Å². The Kier molecular flexibility index (Phi) is 3.15. The van der Waals surface area contributed by atoms with Crippen molar-refractivity contribution in [1.29, 1.82) is 0 Å². The molecule has 0 amide bonds. The Morgan fingerprint density at radius 2 is 2.40 bits per heavy atom. The van der Waals surface area contributed by atoms with Gasteiger partial charge < -0.3 is 4.90 Å². The second-order valence-electron chi connectivity index (χ2n) is 4.27. The number of anilines is 1. The molecule has 1 aliphatic heterocycles. The first-order valence-electron chi connectivity index (χ1n) is 5.50. The molecule has 2 rings (SSSR count). The molecule has 0 spiro atoms. The third-order valence-electron chi connectivity index (χ3n) is 3.11. The minimum atomic E-state index is 0.547. The average Bonchev–Trinajstić information content (AvgIpc) is 2.64. The van der Waals surface area contributed by atoms with Crippen molar-refractivity contribution in [1.82, 2.24) is 4.98 Å². The van der Waals surface area contributed by atoms with E-state index in [0.717, 1.165) is 17.8 Å². The third-order valence-corrected chi connectivity index (χ3v) is 3.39. The summed E-state index contributed by atoms with van der Waals surface area (Å²) in [5.41, 5.74) is 3.50. The van der Waals surface area contributed by atoms with E-state index in [1.54, 1.807) is 0 Å². The first-order chi connectivity index (χ1) is 7.22. The summed E-state index contributed by atoms with van der Waals surface area (Å²) in [6.45, 7) is 5.46. The van der Waals surface area contributed by atoms with Gasteiger partial charge in [0.1, 0.15) is 0 Å². The van der Waals surface area contributed by atoms with E-state index in [-0.39, 0.29) is 0 Å². The lowest BCUT2D eigenvalue weighted by Gasteiger charge is -2.26. The number of aromatic nitrogens is 1. The van der Waals surface area contributed by atoms with Crippen LogP contribution in [0.5, 0.6) is 0 Å². The van der Waals surface area contributed by atoms with Crippen molar-refractivity contribution < 1.29 is 0 Å². The van der Waals surface area contributed by atoms with E-state index in [4.69, 9.17) is 11.6 Å². The van der Waals surface area contributed by atoms with Crippen LogP contribution in [0.2, 0.25) is 0 Å². The highest BCUT2D eigenvalue weighted by Gasteiger charge is 2.22. The molecule has 0 radical (unpaired) electrons. The zero-order valence-electron chi connectivity index (χ0n) is 9.33. The zero-order valence-corrected chi connectivity index (χ0v) is 10.1. The Hall–Kier alpha value is -0.760.